The minimum atomic E-state index is -1.51. The molecule has 0 aromatic carbocycles. The third kappa shape index (κ3) is 43.7. The van der Waals surface area contributed by atoms with Gasteiger partial charge in [0.05, 0.1) is 34.4 Å². The first-order chi connectivity index (χ1) is 28.6. The Morgan fingerprint density at radius 3 is 1.34 bits per heavy atom. The predicted molar refractivity (Wildman–Crippen MR) is 244 cm³/mol. The summed E-state index contributed by atoms with van der Waals surface area (Å²) in [4.78, 5) is 37.2. The fourth-order valence-electron chi connectivity index (χ4n) is 6.87. The SMILES string of the molecule is CCCCCCC/C=C\C/C=C\CCCCCCCCCCCC(=O)OC(COC(=O)CCCCCCCCCCCCCCC)COC(OCC[N+](C)(C)C)C(=O)O. The summed E-state index contributed by atoms with van der Waals surface area (Å²) in [5.41, 5.74) is 0. The van der Waals surface area contributed by atoms with Crippen molar-refractivity contribution in [3.8, 4) is 0 Å². The van der Waals surface area contributed by atoms with E-state index >= 15 is 0 Å². The van der Waals surface area contributed by atoms with E-state index in [9.17, 15) is 19.5 Å². The van der Waals surface area contributed by atoms with E-state index in [1.165, 1.54) is 141 Å². The molecule has 0 saturated heterocycles. The number of allylic oxidation sites excluding steroid dienone is 4. The third-order valence-electron chi connectivity index (χ3n) is 10.7. The lowest BCUT2D eigenvalue weighted by molar-refractivity contribution is -0.870. The van der Waals surface area contributed by atoms with E-state index < -0.39 is 24.3 Å². The van der Waals surface area contributed by atoms with Crippen LogP contribution in [0.15, 0.2) is 24.3 Å². The number of hydrogen-bond acceptors (Lipinski definition) is 7. The molecule has 0 heterocycles. The molecule has 0 aliphatic carbocycles. The molecule has 0 bridgehead atoms. The van der Waals surface area contributed by atoms with Crippen molar-refractivity contribution in [3.63, 3.8) is 0 Å². The first-order valence-electron chi connectivity index (χ1n) is 24.5. The van der Waals surface area contributed by atoms with Crippen molar-refractivity contribution < 1.29 is 42.9 Å². The highest BCUT2D eigenvalue weighted by Crippen LogP contribution is 2.15. The van der Waals surface area contributed by atoms with E-state index in [1.807, 2.05) is 21.1 Å². The Morgan fingerprint density at radius 2 is 0.915 bits per heavy atom. The van der Waals surface area contributed by atoms with E-state index in [-0.39, 0.29) is 32.2 Å². The summed E-state index contributed by atoms with van der Waals surface area (Å²) in [6, 6.07) is 0. The molecule has 59 heavy (non-hydrogen) atoms. The van der Waals surface area contributed by atoms with Gasteiger partial charge in [0, 0.05) is 12.8 Å². The van der Waals surface area contributed by atoms with Crippen LogP contribution < -0.4 is 0 Å². The normalized spacial score (nSPS) is 13.0. The van der Waals surface area contributed by atoms with Crippen LogP contribution in [-0.4, -0.2) is 87.4 Å². The molecule has 0 aromatic heterocycles. The van der Waals surface area contributed by atoms with Crippen molar-refractivity contribution in [1.82, 2.24) is 0 Å². The minimum Gasteiger partial charge on any atom is -0.477 e. The maximum atomic E-state index is 12.8. The summed E-state index contributed by atoms with van der Waals surface area (Å²) in [5, 5.41) is 9.65. The summed E-state index contributed by atoms with van der Waals surface area (Å²) in [6.07, 6.45) is 43.7. The molecule has 0 rings (SSSR count). The summed E-state index contributed by atoms with van der Waals surface area (Å²) in [5.74, 6) is -2.00. The van der Waals surface area contributed by atoms with Crippen molar-refractivity contribution in [3.05, 3.63) is 24.3 Å². The number of nitrogens with zero attached hydrogens (tertiary/aromatic N) is 1. The van der Waals surface area contributed by atoms with Gasteiger partial charge in [0.15, 0.2) is 6.10 Å². The third-order valence-corrected chi connectivity index (χ3v) is 10.7. The summed E-state index contributed by atoms with van der Waals surface area (Å²) in [7, 11) is 5.96. The molecule has 0 aliphatic rings. The monoisotopic (exact) mass is 837 g/mol. The molecule has 0 spiro atoms. The molecular formula is C50H94NO8+. The van der Waals surface area contributed by atoms with Crippen LogP contribution in [0.4, 0.5) is 0 Å². The fourth-order valence-corrected chi connectivity index (χ4v) is 6.87. The van der Waals surface area contributed by atoms with Gasteiger partial charge in [-0.3, -0.25) is 9.59 Å². The maximum absolute atomic E-state index is 12.8. The van der Waals surface area contributed by atoms with Crippen molar-refractivity contribution in [2.45, 2.75) is 232 Å². The quantitative estimate of drug-likeness (QED) is 0.0212. The second-order valence-electron chi connectivity index (χ2n) is 17.8. The molecule has 0 aromatic rings. The largest absolute Gasteiger partial charge is 0.477 e. The van der Waals surface area contributed by atoms with Crippen molar-refractivity contribution >= 4 is 17.9 Å². The summed E-state index contributed by atoms with van der Waals surface area (Å²) < 4.78 is 22.8. The Balaban J connectivity index is 4.34. The van der Waals surface area contributed by atoms with Gasteiger partial charge in [-0.2, -0.15) is 0 Å². The Morgan fingerprint density at radius 1 is 0.508 bits per heavy atom. The molecule has 0 radical (unpaired) electrons. The van der Waals surface area contributed by atoms with Crippen LogP contribution in [0.3, 0.4) is 0 Å². The number of carbonyl (C=O) groups is 3. The number of ether oxygens (including phenoxy) is 4. The average Bonchev–Trinajstić information content (AvgIpc) is 3.19. The van der Waals surface area contributed by atoms with E-state index in [0.29, 0.717) is 17.4 Å². The summed E-state index contributed by atoms with van der Waals surface area (Å²) in [6.45, 7) is 4.87. The van der Waals surface area contributed by atoms with Gasteiger partial charge in [0.25, 0.3) is 6.29 Å². The Labute approximate surface area is 363 Å². The molecule has 346 valence electrons. The number of esters is 2. The molecule has 9 heteroatoms. The molecule has 0 amide bonds. The van der Waals surface area contributed by atoms with Crippen LogP contribution >= 0.6 is 0 Å². The number of carboxylic acids is 1. The van der Waals surface area contributed by atoms with Crippen LogP contribution in [-0.2, 0) is 33.3 Å². The van der Waals surface area contributed by atoms with Crippen LogP contribution in [0.5, 0.6) is 0 Å². The number of hydrogen-bond donors (Lipinski definition) is 1. The number of aliphatic carboxylic acids is 1. The smallest absolute Gasteiger partial charge is 0.361 e. The Kier molecular flexibility index (Phi) is 40.9. The molecule has 0 aliphatic heterocycles. The highest BCUT2D eigenvalue weighted by molar-refractivity contribution is 5.71. The number of likely N-dealkylation sites (N-methyl/N-ethyl adjacent to an activating group) is 1. The molecule has 0 saturated carbocycles. The van der Waals surface area contributed by atoms with Gasteiger partial charge in [-0.05, 0) is 44.9 Å². The van der Waals surface area contributed by atoms with Crippen LogP contribution in [0.25, 0.3) is 0 Å². The van der Waals surface area contributed by atoms with E-state index in [1.54, 1.807) is 0 Å². The average molecular weight is 837 g/mol. The number of carbonyl (C=O) groups excluding carboxylic acids is 2. The Hall–Kier alpha value is -2.23. The van der Waals surface area contributed by atoms with Gasteiger partial charge < -0.3 is 28.5 Å². The zero-order chi connectivity index (χ0) is 43.5. The van der Waals surface area contributed by atoms with Gasteiger partial charge in [-0.25, -0.2) is 4.79 Å². The molecule has 2 atom stereocenters. The number of quaternary nitrogens is 1. The van der Waals surface area contributed by atoms with E-state index in [4.69, 9.17) is 18.9 Å². The number of unbranched alkanes of at least 4 members (excludes halogenated alkanes) is 26. The molecule has 0 fully saturated rings. The topological polar surface area (TPSA) is 108 Å². The molecule has 1 N–H and O–H groups in total. The predicted octanol–water partition coefficient (Wildman–Crippen LogP) is 13.2. The minimum absolute atomic E-state index is 0.179. The van der Waals surface area contributed by atoms with E-state index in [2.05, 4.69) is 38.2 Å². The number of rotatable bonds is 45. The maximum Gasteiger partial charge on any atom is 0.361 e. The molecule has 9 nitrogen and oxygen atoms in total. The molecular weight excluding hydrogens is 743 g/mol. The van der Waals surface area contributed by atoms with E-state index in [0.717, 1.165) is 51.4 Å². The van der Waals surface area contributed by atoms with Gasteiger partial charge in [-0.1, -0.05) is 186 Å². The van der Waals surface area contributed by atoms with Crippen LogP contribution in [0.1, 0.15) is 219 Å². The van der Waals surface area contributed by atoms with Gasteiger partial charge in [0.2, 0.25) is 0 Å². The highest BCUT2D eigenvalue weighted by Gasteiger charge is 2.25. The zero-order valence-electron chi connectivity index (χ0n) is 39.2. The van der Waals surface area contributed by atoms with Gasteiger partial charge in [0.1, 0.15) is 13.2 Å². The first kappa shape index (κ1) is 56.8. The Bertz CT molecular complexity index is 1020. The highest BCUT2D eigenvalue weighted by atomic mass is 16.7. The van der Waals surface area contributed by atoms with Gasteiger partial charge >= 0.3 is 17.9 Å². The second kappa shape index (κ2) is 42.5. The summed E-state index contributed by atoms with van der Waals surface area (Å²) >= 11 is 0. The second-order valence-corrected chi connectivity index (χ2v) is 17.8. The van der Waals surface area contributed by atoms with Crippen molar-refractivity contribution in [2.75, 3.05) is 47.5 Å². The van der Waals surface area contributed by atoms with Crippen molar-refractivity contribution in [1.29, 1.82) is 0 Å². The van der Waals surface area contributed by atoms with Gasteiger partial charge in [-0.15, -0.1) is 0 Å². The first-order valence-corrected chi connectivity index (χ1v) is 24.5. The standard InChI is InChI=1S/C50H93NO8/c1-6-8-10-12-14-16-18-20-21-22-23-24-25-26-27-29-31-33-35-37-39-41-48(53)59-46(45-58-50(49(54)55)56-43-42-51(3,4)5)44-57-47(52)40-38-36-34-32-30-28-19-17-15-13-11-9-7-2/h18,20,22-23,46,50H,6-17,19,21,24-45H2,1-5H3/p+1/b20-18-,23-22-. The lowest BCUT2D eigenvalue weighted by Gasteiger charge is -2.25. The molecule has 2 unspecified atom stereocenters. The zero-order valence-corrected chi connectivity index (χ0v) is 39.2. The number of carboxylic acid groups (broad SMARTS) is 1. The van der Waals surface area contributed by atoms with Crippen LogP contribution in [0.2, 0.25) is 0 Å². The lowest BCUT2D eigenvalue weighted by Crippen LogP contribution is -2.40. The fraction of sp³-hybridized carbons (Fsp3) is 0.860. The lowest BCUT2D eigenvalue weighted by atomic mass is 10.0. The van der Waals surface area contributed by atoms with Crippen LogP contribution in [0, 0.1) is 0 Å². The van der Waals surface area contributed by atoms with Crippen molar-refractivity contribution in [2.24, 2.45) is 0 Å².